The Morgan fingerprint density at radius 1 is 1.20 bits per heavy atom. The van der Waals surface area contributed by atoms with E-state index in [1.165, 1.54) is 23.0 Å². The monoisotopic (exact) mass is 478 g/mol. The SMILES string of the molecule is CC(C(=O)NCc1cccc(F)c1)n1nccc1/N=C/C(=O)NCc1ccc2c(c1)NC(=O)CO2. The first-order chi connectivity index (χ1) is 16.9. The number of ether oxygens (including phenoxy) is 1. The van der Waals surface area contributed by atoms with Crippen molar-refractivity contribution >= 4 is 35.4 Å². The average Bonchev–Trinajstić information content (AvgIpc) is 3.32. The summed E-state index contributed by atoms with van der Waals surface area (Å²) in [6.07, 6.45) is 2.58. The molecular weight excluding hydrogens is 455 g/mol. The Labute approximate surface area is 200 Å². The number of hydrogen-bond acceptors (Lipinski definition) is 6. The molecule has 35 heavy (non-hydrogen) atoms. The molecule has 2 aromatic carbocycles. The predicted octanol–water partition coefficient (Wildman–Crippen LogP) is 2.25. The number of rotatable bonds is 8. The van der Waals surface area contributed by atoms with Gasteiger partial charge in [-0.2, -0.15) is 5.10 Å². The van der Waals surface area contributed by atoms with E-state index in [1.807, 2.05) is 0 Å². The van der Waals surface area contributed by atoms with Gasteiger partial charge in [-0.05, 0) is 42.3 Å². The topological polar surface area (TPSA) is 127 Å². The second-order valence-corrected chi connectivity index (χ2v) is 7.80. The van der Waals surface area contributed by atoms with E-state index >= 15 is 0 Å². The number of carbonyl (C=O) groups excluding carboxylic acids is 3. The van der Waals surface area contributed by atoms with Crippen LogP contribution in [0.25, 0.3) is 0 Å². The Hall–Kier alpha value is -4.54. The van der Waals surface area contributed by atoms with Crippen LogP contribution in [0.5, 0.6) is 5.75 Å². The maximum Gasteiger partial charge on any atom is 0.262 e. The quantitative estimate of drug-likeness (QED) is 0.428. The lowest BCUT2D eigenvalue weighted by atomic mass is 10.1. The molecule has 11 heteroatoms. The van der Waals surface area contributed by atoms with Crippen molar-refractivity contribution < 1.29 is 23.5 Å². The van der Waals surface area contributed by atoms with Crippen molar-refractivity contribution in [2.45, 2.75) is 26.1 Å². The summed E-state index contributed by atoms with van der Waals surface area (Å²) in [5.41, 5.74) is 1.95. The van der Waals surface area contributed by atoms with Crippen LogP contribution in [0, 0.1) is 5.82 Å². The molecule has 0 radical (unpaired) electrons. The van der Waals surface area contributed by atoms with E-state index in [9.17, 15) is 18.8 Å². The maximum atomic E-state index is 13.3. The number of benzene rings is 2. The lowest BCUT2D eigenvalue weighted by molar-refractivity contribution is -0.124. The summed E-state index contributed by atoms with van der Waals surface area (Å²) in [7, 11) is 0. The highest BCUT2D eigenvalue weighted by molar-refractivity contribution is 6.26. The predicted molar refractivity (Wildman–Crippen MR) is 126 cm³/mol. The number of fused-ring (bicyclic) bond motifs is 1. The normalized spacial score (nSPS) is 13.5. The molecule has 0 spiro atoms. The van der Waals surface area contributed by atoms with Gasteiger partial charge in [-0.1, -0.05) is 18.2 Å². The Morgan fingerprint density at radius 2 is 2.00 bits per heavy atom. The van der Waals surface area contributed by atoms with Crippen LogP contribution in [-0.4, -0.2) is 40.3 Å². The van der Waals surface area contributed by atoms with Crippen LogP contribution >= 0.6 is 0 Å². The van der Waals surface area contributed by atoms with E-state index < -0.39 is 11.9 Å². The molecule has 1 aromatic heterocycles. The van der Waals surface area contributed by atoms with Crippen LogP contribution in [0.1, 0.15) is 24.1 Å². The summed E-state index contributed by atoms with van der Waals surface area (Å²) in [6.45, 7) is 2.00. The Kier molecular flexibility index (Phi) is 7.15. The van der Waals surface area contributed by atoms with E-state index in [0.717, 1.165) is 11.8 Å². The number of hydrogen-bond donors (Lipinski definition) is 3. The zero-order valence-corrected chi connectivity index (χ0v) is 18.8. The van der Waals surface area contributed by atoms with Crippen molar-refractivity contribution in [3.63, 3.8) is 0 Å². The number of amides is 3. The van der Waals surface area contributed by atoms with E-state index in [2.05, 4.69) is 26.0 Å². The molecule has 0 saturated carbocycles. The second kappa shape index (κ2) is 10.6. The fraction of sp³-hybridized carbons (Fsp3) is 0.208. The van der Waals surface area contributed by atoms with Gasteiger partial charge in [-0.25, -0.2) is 14.1 Å². The van der Waals surface area contributed by atoms with Gasteiger partial charge in [-0.3, -0.25) is 14.4 Å². The minimum Gasteiger partial charge on any atom is -0.482 e. The van der Waals surface area contributed by atoms with E-state index in [4.69, 9.17) is 4.74 Å². The first kappa shape index (κ1) is 23.6. The molecule has 10 nitrogen and oxygen atoms in total. The zero-order valence-electron chi connectivity index (χ0n) is 18.8. The molecule has 1 unspecified atom stereocenters. The Bertz CT molecular complexity index is 1290. The third-order valence-corrected chi connectivity index (χ3v) is 5.21. The fourth-order valence-corrected chi connectivity index (χ4v) is 3.40. The van der Waals surface area contributed by atoms with Gasteiger partial charge in [0.05, 0.1) is 18.1 Å². The third kappa shape index (κ3) is 6.08. The molecule has 1 aliphatic rings. The highest BCUT2D eigenvalue weighted by Gasteiger charge is 2.18. The molecule has 1 aliphatic heterocycles. The zero-order chi connectivity index (χ0) is 24.8. The van der Waals surface area contributed by atoms with Crippen LogP contribution < -0.4 is 20.7 Å². The van der Waals surface area contributed by atoms with Crippen LogP contribution in [0.2, 0.25) is 0 Å². The first-order valence-electron chi connectivity index (χ1n) is 10.8. The lowest BCUT2D eigenvalue weighted by Crippen LogP contribution is -2.31. The highest BCUT2D eigenvalue weighted by Crippen LogP contribution is 2.28. The van der Waals surface area contributed by atoms with Crippen molar-refractivity contribution in [1.82, 2.24) is 20.4 Å². The summed E-state index contributed by atoms with van der Waals surface area (Å²) in [4.78, 5) is 40.4. The molecule has 0 saturated heterocycles. The molecule has 0 bridgehead atoms. The summed E-state index contributed by atoms with van der Waals surface area (Å²) in [5.74, 6) is -0.495. The van der Waals surface area contributed by atoms with Crippen molar-refractivity contribution in [2.75, 3.05) is 11.9 Å². The molecule has 1 atom stereocenters. The van der Waals surface area contributed by atoms with Gasteiger partial charge < -0.3 is 20.7 Å². The molecule has 0 fully saturated rings. The molecule has 3 amide bonds. The number of aromatic nitrogens is 2. The number of anilines is 1. The number of carbonyl (C=O) groups is 3. The minimum atomic E-state index is -0.707. The molecule has 180 valence electrons. The van der Waals surface area contributed by atoms with Gasteiger partial charge in [0.1, 0.15) is 17.6 Å². The Morgan fingerprint density at radius 3 is 2.83 bits per heavy atom. The average molecular weight is 478 g/mol. The van der Waals surface area contributed by atoms with Gasteiger partial charge in [0.25, 0.3) is 11.8 Å². The standard InChI is InChI=1S/C24H23FN6O4/c1-15(24(34)28-12-16-3-2-4-18(25)9-16)31-21(7-8-29-31)26-13-22(32)27-11-17-5-6-20-19(10-17)30-23(33)14-35-20/h2-10,13,15H,11-12,14H2,1H3,(H,27,32)(H,28,34)(H,30,33)/b26-13+. The van der Waals surface area contributed by atoms with Crippen LogP contribution in [0.3, 0.4) is 0 Å². The van der Waals surface area contributed by atoms with Crippen molar-refractivity contribution in [2.24, 2.45) is 4.99 Å². The number of nitrogens with zero attached hydrogens (tertiary/aromatic N) is 3. The smallest absolute Gasteiger partial charge is 0.262 e. The van der Waals surface area contributed by atoms with E-state index in [1.54, 1.807) is 43.3 Å². The summed E-state index contributed by atoms with van der Waals surface area (Å²) < 4.78 is 20.0. The van der Waals surface area contributed by atoms with Crippen LogP contribution in [0.4, 0.5) is 15.9 Å². The third-order valence-electron chi connectivity index (χ3n) is 5.21. The second-order valence-electron chi connectivity index (χ2n) is 7.80. The fourth-order valence-electron chi connectivity index (χ4n) is 3.40. The number of halogens is 1. The van der Waals surface area contributed by atoms with Gasteiger partial charge in [0.15, 0.2) is 12.4 Å². The largest absolute Gasteiger partial charge is 0.482 e. The van der Waals surface area contributed by atoms with Crippen molar-refractivity contribution in [3.8, 4) is 5.75 Å². The lowest BCUT2D eigenvalue weighted by Gasteiger charge is -2.18. The minimum absolute atomic E-state index is 0.0244. The van der Waals surface area contributed by atoms with Gasteiger partial charge in [0, 0.05) is 19.2 Å². The van der Waals surface area contributed by atoms with Gasteiger partial charge in [0.2, 0.25) is 5.91 Å². The summed E-state index contributed by atoms with van der Waals surface area (Å²) in [6, 6.07) is 12.1. The molecule has 3 aromatic rings. The van der Waals surface area contributed by atoms with E-state index in [0.29, 0.717) is 22.8 Å². The molecule has 2 heterocycles. The molecule has 3 N–H and O–H groups in total. The summed E-state index contributed by atoms with van der Waals surface area (Å²) in [5, 5.41) is 12.3. The first-order valence-corrected chi connectivity index (χ1v) is 10.8. The molecule has 0 aliphatic carbocycles. The van der Waals surface area contributed by atoms with Gasteiger partial charge in [-0.15, -0.1) is 0 Å². The van der Waals surface area contributed by atoms with Crippen molar-refractivity contribution in [3.05, 3.63) is 71.7 Å². The van der Waals surface area contributed by atoms with Crippen LogP contribution in [-0.2, 0) is 27.5 Å². The Balaban J connectivity index is 1.31. The number of nitrogens with one attached hydrogen (secondary N) is 3. The molecule has 4 rings (SSSR count). The highest BCUT2D eigenvalue weighted by atomic mass is 19.1. The summed E-state index contributed by atoms with van der Waals surface area (Å²) >= 11 is 0. The van der Waals surface area contributed by atoms with Crippen LogP contribution in [0.15, 0.2) is 59.7 Å². The maximum absolute atomic E-state index is 13.3. The van der Waals surface area contributed by atoms with E-state index in [-0.39, 0.29) is 37.3 Å². The van der Waals surface area contributed by atoms with Crippen molar-refractivity contribution in [1.29, 1.82) is 0 Å². The molecular formula is C24H23FN6O4. The van der Waals surface area contributed by atoms with Gasteiger partial charge >= 0.3 is 0 Å². The number of aliphatic imine (C=N–C) groups is 1.